The number of H-pyrrole nitrogens is 1. The molecule has 0 fully saturated rings. The van der Waals surface area contributed by atoms with Crippen LogP contribution in [0, 0.1) is 11.3 Å². The number of esters is 1. The number of hydrogen-bond donors (Lipinski definition) is 3. The van der Waals surface area contributed by atoms with Gasteiger partial charge in [-0.3, -0.25) is 0 Å². The van der Waals surface area contributed by atoms with Gasteiger partial charge in [0, 0.05) is 42.6 Å². The van der Waals surface area contributed by atoms with Crippen LogP contribution >= 0.6 is 0 Å². The maximum atomic E-state index is 12.9. The maximum absolute atomic E-state index is 12.9. The molecule has 0 radical (unpaired) electrons. The second-order valence-electron chi connectivity index (χ2n) is 11.3. The predicted octanol–water partition coefficient (Wildman–Crippen LogP) is 6.13. The van der Waals surface area contributed by atoms with E-state index < -0.39 is 29.7 Å². The molecule has 4 aromatic rings. The summed E-state index contributed by atoms with van der Waals surface area (Å²) in [6.07, 6.45) is 1.57. The molecular weight excluding hydrogens is 530 g/mol. The Kier molecular flexibility index (Phi) is 9.06. The fraction of sp³-hybridized carbons (Fsp3) is 0.303. The summed E-state index contributed by atoms with van der Waals surface area (Å²) in [5, 5.41) is 17.4. The number of aromatic nitrogens is 1. The van der Waals surface area contributed by atoms with E-state index in [0.29, 0.717) is 12.1 Å². The summed E-state index contributed by atoms with van der Waals surface area (Å²) < 4.78 is 10.6. The molecule has 0 bridgehead atoms. The van der Waals surface area contributed by atoms with Crippen LogP contribution in [0.2, 0.25) is 0 Å². The Labute approximate surface area is 246 Å². The van der Waals surface area contributed by atoms with Crippen molar-refractivity contribution >= 4 is 34.3 Å². The lowest BCUT2D eigenvalue weighted by molar-refractivity contribution is 0.0501. The third kappa shape index (κ3) is 7.21. The minimum atomic E-state index is -0.919. The van der Waals surface area contributed by atoms with Gasteiger partial charge in [-0.15, -0.1) is 0 Å². The molecule has 0 aliphatic rings. The fourth-order valence-corrected chi connectivity index (χ4v) is 4.73. The number of fused-ring (bicyclic) bond motifs is 1. The number of ether oxygens (including phenoxy) is 2. The minimum absolute atomic E-state index is 0.272. The summed E-state index contributed by atoms with van der Waals surface area (Å²) in [4.78, 5) is 31.0. The zero-order chi connectivity index (χ0) is 30.4. The summed E-state index contributed by atoms with van der Waals surface area (Å²) in [5.74, 6) is -0.548. The topological polar surface area (TPSA) is 119 Å². The first-order valence-electron chi connectivity index (χ1n) is 13.7. The Morgan fingerprint density at radius 3 is 2.45 bits per heavy atom. The van der Waals surface area contributed by atoms with Gasteiger partial charge in [-0.1, -0.05) is 36.4 Å². The van der Waals surface area contributed by atoms with E-state index in [2.05, 4.69) is 21.7 Å². The van der Waals surface area contributed by atoms with Crippen molar-refractivity contribution < 1.29 is 19.1 Å². The molecule has 9 nitrogen and oxygen atoms in total. The number of rotatable bonds is 9. The molecule has 0 aliphatic heterocycles. The van der Waals surface area contributed by atoms with Crippen molar-refractivity contribution in [3.05, 3.63) is 84.1 Å². The first-order valence-corrected chi connectivity index (χ1v) is 13.7. The molecular formula is C33H37N5O4. The molecule has 0 saturated heterocycles. The molecule has 1 heterocycles. The summed E-state index contributed by atoms with van der Waals surface area (Å²) in [5.41, 5.74) is 4.61. The van der Waals surface area contributed by atoms with E-state index in [1.807, 2.05) is 79.8 Å². The third-order valence-corrected chi connectivity index (χ3v) is 6.79. The first kappa shape index (κ1) is 30.0. The molecule has 4 rings (SSSR count). The van der Waals surface area contributed by atoms with Crippen molar-refractivity contribution in [2.75, 3.05) is 31.4 Å². The van der Waals surface area contributed by atoms with E-state index >= 15 is 0 Å². The number of carbonyl (C=O) groups excluding carboxylic acids is 2. The number of nitriles is 1. The van der Waals surface area contributed by atoms with Crippen LogP contribution in [0.5, 0.6) is 0 Å². The van der Waals surface area contributed by atoms with Crippen LogP contribution in [0.3, 0.4) is 0 Å². The highest BCUT2D eigenvalue weighted by atomic mass is 16.6. The highest BCUT2D eigenvalue weighted by molar-refractivity contribution is 5.97. The monoisotopic (exact) mass is 567 g/mol. The van der Waals surface area contributed by atoms with Gasteiger partial charge < -0.3 is 30.0 Å². The van der Waals surface area contributed by atoms with E-state index in [9.17, 15) is 14.9 Å². The molecule has 0 saturated carbocycles. The third-order valence-electron chi connectivity index (χ3n) is 6.79. The van der Waals surface area contributed by atoms with Gasteiger partial charge in [0.2, 0.25) is 0 Å². The van der Waals surface area contributed by atoms with Crippen molar-refractivity contribution in [3.8, 4) is 17.2 Å². The predicted molar refractivity (Wildman–Crippen MR) is 166 cm³/mol. The van der Waals surface area contributed by atoms with Crippen LogP contribution < -0.4 is 15.5 Å². The number of nitrogens with one attached hydrogen (secondary N) is 3. The number of hydrogen-bond acceptors (Lipinski definition) is 7. The lowest BCUT2D eigenvalue weighted by Gasteiger charge is -2.27. The van der Waals surface area contributed by atoms with E-state index in [1.165, 1.54) is 7.11 Å². The summed E-state index contributed by atoms with van der Waals surface area (Å²) in [7, 11) is 5.25. The number of para-hydroxylation sites is 1. The van der Waals surface area contributed by atoms with Gasteiger partial charge in [-0.05, 0) is 74.2 Å². The van der Waals surface area contributed by atoms with Crippen LogP contribution in [0.1, 0.15) is 36.7 Å². The second kappa shape index (κ2) is 12.7. The van der Waals surface area contributed by atoms with Gasteiger partial charge in [0.15, 0.2) is 0 Å². The first-order chi connectivity index (χ1) is 20.0. The van der Waals surface area contributed by atoms with E-state index in [4.69, 9.17) is 9.47 Å². The minimum Gasteiger partial charge on any atom is -0.465 e. The van der Waals surface area contributed by atoms with Gasteiger partial charge in [-0.25, -0.2) is 9.59 Å². The number of anilines is 2. The molecule has 42 heavy (non-hydrogen) atoms. The molecule has 3 aromatic carbocycles. The number of nitrogens with zero attached hydrogens (tertiary/aromatic N) is 2. The molecule has 9 heteroatoms. The quantitative estimate of drug-likeness (QED) is 0.208. The molecule has 3 N–H and O–H groups in total. The van der Waals surface area contributed by atoms with E-state index in [1.54, 1.807) is 32.9 Å². The summed E-state index contributed by atoms with van der Waals surface area (Å²) >= 11 is 0. The number of amides is 1. The van der Waals surface area contributed by atoms with Crippen molar-refractivity contribution in [2.45, 2.75) is 44.9 Å². The van der Waals surface area contributed by atoms with Crippen molar-refractivity contribution in [1.82, 2.24) is 10.3 Å². The molecule has 1 aromatic heterocycles. The van der Waals surface area contributed by atoms with Crippen molar-refractivity contribution in [2.24, 2.45) is 0 Å². The molecule has 2 atom stereocenters. The standard InChI is InChI=1S/C33H37N5O4/c1-33(2,3)42-32(40)37-29(18-23-20-35-27-13-8-7-12-25(23)27)30(19-34)36-28-15-14-22(17-26(28)31(39)41-6)21-10-9-11-24(16-21)38(4)5/h7-17,20,29-30,35-36H,18H2,1-6H3,(H,37,40). The lowest BCUT2D eigenvalue weighted by Crippen LogP contribution is -2.49. The van der Waals surface area contributed by atoms with Crippen molar-refractivity contribution in [3.63, 3.8) is 0 Å². The largest absolute Gasteiger partial charge is 0.465 e. The Bertz CT molecular complexity index is 1610. The number of methoxy groups -OCH3 is 1. The van der Waals surface area contributed by atoms with Gasteiger partial charge in [0.05, 0.1) is 24.8 Å². The van der Waals surface area contributed by atoms with Crippen LogP contribution in [0.4, 0.5) is 16.2 Å². The van der Waals surface area contributed by atoms with Gasteiger partial charge in [0.25, 0.3) is 0 Å². The second-order valence-corrected chi connectivity index (χ2v) is 11.3. The number of alkyl carbamates (subject to hydrolysis) is 1. The van der Waals surface area contributed by atoms with Gasteiger partial charge in [0.1, 0.15) is 11.6 Å². The Morgan fingerprint density at radius 1 is 1.02 bits per heavy atom. The Morgan fingerprint density at radius 2 is 1.76 bits per heavy atom. The normalized spacial score (nSPS) is 12.6. The number of carbonyl (C=O) groups is 2. The highest BCUT2D eigenvalue weighted by Gasteiger charge is 2.28. The fourth-order valence-electron chi connectivity index (χ4n) is 4.73. The average molecular weight is 568 g/mol. The lowest BCUT2D eigenvalue weighted by atomic mass is 9.97. The van der Waals surface area contributed by atoms with Crippen LogP contribution in [-0.2, 0) is 15.9 Å². The summed E-state index contributed by atoms with van der Waals surface area (Å²) in [6, 6.07) is 21.8. The SMILES string of the molecule is COC(=O)c1cc(-c2cccc(N(C)C)c2)ccc1NC(C#N)C(Cc1c[nH]c2ccccc12)NC(=O)OC(C)(C)C. The molecule has 0 aliphatic carbocycles. The molecule has 218 valence electrons. The molecule has 0 spiro atoms. The molecule has 1 amide bonds. The van der Waals surface area contributed by atoms with Crippen LogP contribution in [0.25, 0.3) is 22.0 Å². The number of benzene rings is 3. The smallest absolute Gasteiger partial charge is 0.407 e. The van der Waals surface area contributed by atoms with E-state index in [0.717, 1.165) is 33.3 Å². The molecule has 2 unspecified atom stereocenters. The van der Waals surface area contributed by atoms with Crippen LogP contribution in [0.15, 0.2) is 72.9 Å². The zero-order valence-corrected chi connectivity index (χ0v) is 24.8. The summed E-state index contributed by atoms with van der Waals surface area (Å²) in [6.45, 7) is 5.33. The highest BCUT2D eigenvalue weighted by Crippen LogP contribution is 2.29. The van der Waals surface area contributed by atoms with Crippen molar-refractivity contribution in [1.29, 1.82) is 5.26 Å². The van der Waals surface area contributed by atoms with E-state index in [-0.39, 0.29) is 5.56 Å². The Balaban J connectivity index is 1.69. The van der Waals surface area contributed by atoms with Gasteiger partial charge in [-0.2, -0.15) is 5.26 Å². The maximum Gasteiger partial charge on any atom is 0.407 e. The van der Waals surface area contributed by atoms with Gasteiger partial charge >= 0.3 is 12.1 Å². The van der Waals surface area contributed by atoms with Crippen LogP contribution in [-0.4, -0.2) is 55.9 Å². The Hall–Kier alpha value is -4.97. The average Bonchev–Trinajstić information content (AvgIpc) is 3.37. The zero-order valence-electron chi connectivity index (χ0n) is 24.8. The number of aromatic amines is 1.